The minimum absolute atomic E-state index is 0.289. The molecule has 0 aromatic carbocycles. The SMILES string of the molecule is CCCc1nnnn1[N+](=O)[O-]. The van der Waals surface area contributed by atoms with E-state index >= 15 is 0 Å². The number of rotatable bonds is 3. The maximum atomic E-state index is 10.2. The Kier molecular flexibility index (Phi) is 2.09. The van der Waals surface area contributed by atoms with Crippen molar-refractivity contribution in [1.29, 1.82) is 0 Å². The van der Waals surface area contributed by atoms with Crippen LogP contribution in [-0.2, 0) is 6.42 Å². The first-order valence-corrected chi connectivity index (χ1v) is 3.17. The van der Waals surface area contributed by atoms with Crippen LogP contribution >= 0.6 is 0 Å². The maximum Gasteiger partial charge on any atom is 0.225 e. The van der Waals surface area contributed by atoms with Gasteiger partial charge in [0.2, 0.25) is 11.0 Å². The molecule has 7 heteroatoms. The van der Waals surface area contributed by atoms with Crippen molar-refractivity contribution >= 4 is 0 Å². The summed E-state index contributed by atoms with van der Waals surface area (Å²) in [6.07, 6.45) is 1.31. The number of hydrogen-bond donors (Lipinski definition) is 0. The van der Waals surface area contributed by atoms with Gasteiger partial charge in [0, 0.05) is 6.42 Å². The van der Waals surface area contributed by atoms with Crippen molar-refractivity contribution in [2.75, 3.05) is 0 Å². The van der Waals surface area contributed by atoms with Gasteiger partial charge in [-0.3, -0.25) is 0 Å². The maximum absolute atomic E-state index is 10.2. The predicted octanol–water partition coefficient (Wildman–Crippen LogP) is -0.335. The molecule has 60 valence electrons. The van der Waals surface area contributed by atoms with E-state index in [1.54, 1.807) is 0 Å². The van der Waals surface area contributed by atoms with E-state index in [1.165, 1.54) is 0 Å². The molecule has 1 heterocycles. The van der Waals surface area contributed by atoms with Crippen LogP contribution in [0.15, 0.2) is 0 Å². The van der Waals surface area contributed by atoms with Gasteiger partial charge in [0.15, 0.2) is 0 Å². The van der Waals surface area contributed by atoms with Crippen molar-refractivity contribution in [2.24, 2.45) is 0 Å². The second kappa shape index (κ2) is 3.04. The van der Waals surface area contributed by atoms with E-state index in [9.17, 15) is 10.1 Å². The summed E-state index contributed by atoms with van der Waals surface area (Å²) in [4.78, 5) is 10.8. The molecule has 0 atom stereocenters. The van der Waals surface area contributed by atoms with Crippen molar-refractivity contribution in [3.8, 4) is 0 Å². The third-order valence-electron chi connectivity index (χ3n) is 1.14. The van der Waals surface area contributed by atoms with E-state index in [1.807, 2.05) is 6.92 Å². The van der Waals surface area contributed by atoms with E-state index < -0.39 is 5.03 Å². The third-order valence-corrected chi connectivity index (χ3v) is 1.14. The largest absolute Gasteiger partial charge is 0.339 e. The molecule has 0 aliphatic rings. The lowest BCUT2D eigenvalue weighted by molar-refractivity contribution is -0.555. The molecular formula is C4H7N5O2. The molecule has 0 saturated carbocycles. The Bertz CT molecular complexity index is 257. The molecule has 0 radical (unpaired) electrons. The molecule has 11 heavy (non-hydrogen) atoms. The fourth-order valence-electron chi connectivity index (χ4n) is 0.702. The minimum atomic E-state index is -0.648. The molecule has 0 aliphatic carbocycles. The first-order valence-electron chi connectivity index (χ1n) is 3.17. The van der Waals surface area contributed by atoms with E-state index in [0.29, 0.717) is 11.2 Å². The Balaban J connectivity index is 2.87. The molecule has 0 bridgehead atoms. The van der Waals surface area contributed by atoms with Gasteiger partial charge in [0.1, 0.15) is 5.21 Å². The number of tetrazole rings is 1. The summed E-state index contributed by atoms with van der Waals surface area (Å²) < 4.78 is 0. The first-order chi connectivity index (χ1) is 5.25. The van der Waals surface area contributed by atoms with Crippen LogP contribution in [0.5, 0.6) is 0 Å². The normalized spacial score (nSPS) is 9.91. The lowest BCUT2D eigenvalue weighted by atomic mass is 10.3. The van der Waals surface area contributed by atoms with Crippen LogP contribution in [0, 0.1) is 10.1 Å². The fraction of sp³-hybridized carbons (Fsp3) is 0.750. The first kappa shape index (κ1) is 7.58. The highest BCUT2D eigenvalue weighted by molar-refractivity contribution is 4.76. The molecule has 0 aliphatic heterocycles. The highest BCUT2D eigenvalue weighted by Gasteiger charge is 2.13. The fourth-order valence-corrected chi connectivity index (χ4v) is 0.702. The van der Waals surface area contributed by atoms with Gasteiger partial charge < -0.3 is 10.1 Å². The standard InChI is InChI=1S/C4H7N5O2/c1-2-3-4-5-6-7-8(4)9(10)11/h2-3H2,1H3. The Labute approximate surface area is 62.1 Å². The number of nitrogens with zero attached hydrogens (tertiary/aromatic N) is 5. The molecule has 0 spiro atoms. The number of aryl methyl sites for hydroxylation is 1. The third kappa shape index (κ3) is 1.48. The molecule has 0 fully saturated rings. The predicted molar refractivity (Wildman–Crippen MR) is 34.2 cm³/mol. The summed E-state index contributed by atoms with van der Waals surface area (Å²) in [5.74, 6) is 0.289. The van der Waals surface area contributed by atoms with Crippen molar-refractivity contribution in [2.45, 2.75) is 19.8 Å². The molecule has 1 aromatic heterocycles. The van der Waals surface area contributed by atoms with E-state index in [0.717, 1.165) is 6.42 Å². The monoisotopic (exact) mass is 157 g/mol. The van der Waals surface area contributed by atoms with Gasteiger partial charge in [-0.05, 0) is 6.42 Å². The number of aromatic nitrogens is 4. The second-order valence-electron chi connectivity index (χ2n) is 1.97. The molecule has 0 N–H and O–H groups in total. The van der Waals surface area contributed by atoms with Crippen LogP contribution in [0.25, 0.3) is 0 Å². The molecule has 0 amide bonds. The van der Waals surface area contributed by atoms with Crippen LogP contribution in [0.3, 0.4) is 0 Å². The summed E-state index contributed by atoms with van der Waals surface area (Å²) in [6.45, 7) is 1.90. The Morgan fingerprint density at radius 3 is 3.00 bits per heavy atom. The lowest BCUT2D eigenvalue weighted by Crippen LogP contribution is -2.14. The van der Waals surface area contributed by atoms with Gasteiger partial charge in [-0.25, -0.2) is 0 Å². The summed E-state index contributed by atoms with van der Waals surface area (Å²) in [5, 5.41) is 19.4. The molecule has 0 saturated heterocycles. The van der Waals surface area contributed by atoms with Gasteiger partial charge >= 0.3 is 0 Å². The van der Waals surface area contributed by atoms with Gasteiger partial charge in [-0.1, -0.05) is 12.0 Å². The van der Waals surface area contributed by atoms with E-state index in [2.05, 4.69) is 15.5 Å². The molecule has 1 rings (SSSR count). The van der Waals surface area contributed by atoms with E-state index in [-0.39, 0.29) is 5.82 Å². The van der Waals surface area contributed by atoms with Crippen LogP contribution in [-0.4, -0.2) is 25.3 Å². The van der Waals surface area contributed by atoms with Crippen molar-refractivity contribution in [3.63, 3.8) is 0 Å². The number of hydrogen-bond acceptors (Lipinski definition) is 5. The average Bonchev–Trinajstić information content (AvgIpc) is 2.36. The van der Waals surface area contributed by atoms with Crippen LogP contribution < -0.4 is 0 Å². The zero-order chi connectivity index (χ0) is 8.27. The Morgan fingerprint density at radius 1 is 1.73 bits per heavy atom. The molecular weight excluding hydrogens is 150 g/mol. The Hall–Kier alpha value is -1.53. The smallest absolute Gasteiger partial charge is 0.225 e. The van der Waals surface area contributed by atoms with E-state index in [4.69, 9.17) is 0 Å². The summed E-state index contributed by atoms with van der Waals surface area (Å²) in [7, 11) is 0. The molecule has 7 nitrogen and oxygen atoms in total. The zero-order valence-corrected chi connectivity index (χ0v) is 5.97. The molecule has 0 unspecified atom stereocenters. The van der Waals surface area contributed by atoms with Crippen LogP contribution in [0.4, 0.5) is 0 Å². The van der Waals surface area contributed by atoms with Gasteiger partial charge in [0.05, 0.1) is 9.82 Å². The summed E-state index contributed by atoms with van der Waals surface area (Å²) >= 11 is 0. The van der Waals surface area contributed by atoms with Gasteiger partial charge in [-0.15, -0.1) is 0 Å². The van der Waals surface area contributed by atoms with Crippen LogP contribution in [0.1, 0.15) is 19.2 Å². The summed E-state index contributed by atoms with van der Waals surface area (Å²) in [5.41, 5.74) is 0. The van der Waals surface area contributed by atoms with Crippen molar-refractivity contribution in [3.05, 3.63) is 15.9 Å². The zero-order valence-electron chi connectivity index (χ0n) is 5.97. The minimum Gasteiger partial charge on any atom is -0.339 e. The average molecular weight is 157 g/mol. The van der Waals surface area contributed by atoms with Gasteiger partial charge in [-0.2, -0.15) is 0 Å². The summed E-state index contributed by atoms with van der Waals surface area (Å²) in [6, 6.07) is 0. The topological polar surface area (TPSA) is 86.7 Å². The molecule has 1 aromatic rings. The van der Waals surface area contributed by atoms with Crippen molar-refractivity contribution < 1.29 is 5.03 Å². The van der Waals surface area contributed by atoms with Crippen molar-refractivity contribution in [1.82, 2.24) is 20.3 Å². The number of nitro groups is 1. The highest BCUT2D eigenvalue weighted by atomic mass is 16.7. The quantitative estimate of drug-likeness (QED) is 0.442. The van der Waals surface area contributed by atoms with Gasteiger partial charge in [0.25, 0.3) is 0 Å². The Morgan fingerprint density at radius 2 is 2.45 bits per heavy atom. The lowest BCUT2D eigenvalue weighted by Gasteiger charge is -1.92. The highest BCUT2D eigenvalue weighted by Crippen LogP contribution is 1.94. The van der Waals surface area contributed by atoms with Crippen LogP contribution in [0.2, 0.25) is 0 Å². The second-order valence-corrected chi connectivity index (χ2v) is 1.97.